The molecule has 2 aromatic rings. The minimum atomic E-state index is -0.513. The maximum atomic E-state index is 13.1. The van der Waals surface area contributed by atoms with Gasteiger partial charge in [0.25, 0.3) is 0 Å². The van der Waals surface area contributed by atoms with Crippen molar-refractivity contribution >= 4 is 39.2 Å². The quantitative estimate of drug-likeness (QED) is 0.832. The van der Waals surface area contributed by atoms with Crippen LogP contribution in [0.15, 0.2) is 28.9 Å². The van der Waals surface area contributed by atoms with Crippen molar-refractivity contribution in [3.05, 3.63) is 45.4 Å². The fraction of sp³-hybridized carbons (Fsp3) is 0.231. The lowest BCUT2D eigenvalue weighted by molar-refractivity contribution is 0.194. The number of benzene rings is 1. The number of fused-ring (bicyclic) bond motifs is 1. The van der Waals surface area contributed by atoms with Crippen molar-refractivity contribution in [1.29, 1.82) is 0 Å². The Morgan fingerprint density at radius 3 is 2.95 bits per heavy atom. The first-order chi connectivity index (χ1) is 10.0. The van der Waals surface area contributed by atoms with Crippen LogP contribution < -0.4 is 5.32 Å². The molecule has 0 aliphatic carbocycles. The molecule has 1 aliphatic heterocycles. The Hall–Kier alpha value is -1.60. The monoisotopic (exact) mass is 372 g/mol. The third-order valence-corrected chi connectivity index (χ3v) is 3.90. The summed E-state index contributed by atoms with van der Waals surface area (Å²) in [5.74, 6) is -0.513. The molecule has 3 rings (SSSR count). The standard InChI is InChI=1S/C13H11BrClFN4O/c14-12-6-9-7-19(3-4-20(9)18-12)13(21)17-8-1-2-11(16)10(15)5-8/h1-2,5-6H,3-4,7H2,(H,17,21). The maximum Gasteiger partial charge on any atom is 0.322 e. The van der Waals surface area contributed by atoms with Crippen LogP contribution in [0.4, 0.5) is 14.9 Å². The molecule has 1 N–H and O–H groups in total. The zero-order valence-electron chi connectivity index (χ0n) is 10.8. The predicted octanol–water partition coefficient (Wildman–Crippen LogP) is 3.49. The van der Waals surface area contributed by atoms with Crippen LogP contribution in [0.5, 0.6) is 0 Å². The van der Waals surface area contributed by atoms with E-state index in [2.05, 4.69) is 26.3 Å². The Morgan fingerprint density at radius 2 is 2.19 bits per heavy atom. The van der Waals surface area contributed by atoms with Gasteiger partial charge >= 0.3 is 6.03 Å². The van der Waals surface area contributed by atoms with Crippen molar-refractivity contribution in [3.63, 3.8) is 0 Å². The smallest absolute Gasteiger partial charge is 0.317 e. The molecule has 0 radical (unpaired) electrons. The van der Waals surface area contributed by atoms with Gasteiger partial charge < -0.3 is 10.2 Å². The van der Waals surface area contributed by atoms with Gasteiger partial charge in [-0.25, -0.2) is 9.18 Å². The Labute approximate surface area is 133 Å². The second kappa shape index (κ2) is 5.65. The van der Waals surface area contributed by atoms with E-state index in [1.54, 1.807) is 4.90 Å². The molecule has 8 heteroatoms. The largest absolute Gasteiger partial charge is 0.322 e. The van der Waals surface area contributed by atoms with Crippen molar-refractivity contribution < 1.29 is 9.18 Å². The van der Waals surface area contributed by atoms with Crippen LogP contribution in [0.25, 0.3) is 0 Å². The minimum Gasteiger partial charge on any atom is -0.317 e. The number of aromatic nitrogens is 2. The van der Waals surface area contributed by atoms with Crippen LogP contribution in [0.1, 0.15) is 5.69 Å². The lowest BCUT2D eigenvalue weighted by Gasteiger charge is -2.27. The number of hydrogen-bond acceptors (Lipinski definition) is 2. The van der Waals surface area contributed by atoms with E-state index in [9.17, 15) is 9.18 Å². The minimum absolute atomic E-state index is 0.0200. The zero-order chi connectivity index (χ0) is 15.0. The van der Waals surface area contributed by atoms with Crippen molar-refractivity contribution in [2.24, 2.45) is 0 Å². The second-order valence-corrected chi connectivity index (χ2v) is 5.88. The average molecular weight is 374 g/mol. The number of urea groups is 1. The van der Waals surface area contributed by atoms with Gasteiger partial charge in [-0.05, 0) is 40.2 Å². The summed E-state index contributed by atoms with van der Waals surface area (Å²) >= 11 is 9.01. The number of amides is 2. The van der Waals surface area contributed by atoms with Gasteiger partial charge in [0.15, 0.2) is 0 Å². The molecule has 0 spiro atoms. The number of halogens is 3. The zero-order valence-corrected chi connectivity index (χ0v) is 13.2. The maximum absolute atomic E-state index is 13.1. The van der Waals surface area contributed by atoms with Gasteiger partial charge in [0.05, 0.1) is 23.8 Å². The molecular formula is C13H11BrClFN4O. The molecule has 1 aromatic heterocycles. The van der Waals surface area contributed by atoms with Gasteiger partial charge in [-0.1, -0.05) is 11.6 Å². The van der Waals surface area contributed by atoms with Gasteiger partial charge in [-0.3, -0.25) is 4.68 Å². The van der Waals surface area contributed by atoms with E-state index in [4.69, 9.17) is 11.6 Å². The number of carbonyl (C=O) groups is 1. The number of carbonyl (C=O) groups excluding carboxylic acids is 1. The van der Waals surface area contributed by atoms with Crippen molar-refractivity contribution in [2.45, 2.75) is 13.1 Å². The van der Waals surface area contributed by atoms with E-state index in [1.165, 1.54) is 18.2 Å². The van der Waals surface area contributed by atoms with E-state index >= 15 is 0 Å². The van der Waals surface area contributed by atoms with Gasteiger partial charge in [-0.15, -0.1) is 0 Å². The summed E-state index contributed by atoms with van der Waals surface area (Å²) in [6.45, 7) is 1.67. The van der Waals surface area contributed by atoms with E-state index in [0.717, 1.165) is 10.3 Å². The van der Waals surface area contributed by atoms with Gasteiger partial charge in [0, 0.05) is 12.2 Å². The molecule has 0 saturated heterocycles. The Balaban J connectivity index is 1.70. The van der Waals surface area contributed by atoms with Gasteiger partial charge in [0.1, 0.15) is 10.4 Å². The first-order valence-electron chi connectivity index (χ1n) is 6.26. The van der Waals surface area contributed by atoms with Crippen molar-refractivity contribution in [1.82, 2.24) is 14.7 Å². The average Bonchev–Trinajstić information content (AvgIpc) is 2.82. The van der Waals surface area contributed by atoms with Crippen LogP contribution in [-0.2, 0) is 13.1 Å². The molecule has 1 aliphatic rings. The first-order valence-corrected chi connectivity index (χ1v) is 7.43. The molecule has 0 atom stereocenters. The molecule has 0 fully saturated rings. The SMILES string of the molecule is O=C(Nc1ccc(F)c(Cl)c1)N1CCn2nc(Br)cc2C1. The van der Waals surface area contributed by atoms with E-state index in [1.807, 2.05) is 10.7 Å². The summed E-state index contributed by atoms with van der Waals surface area (Å²) in [6.07, 6.45) is 0. The third-order valence-electron chi connectivity index (χ3n) is 3.23. The lowest BCUT2D eigenvalue weighted by atomic mass is 10.3. The van der Waals surface area contributed by atoms with E-state index in [-0.39, 0.29) is 11.1 Å². The third kappa shape index (κ3) is 3.03. The molecule has 5 nitrogen and oxygen atoms in total. The summed E-state index contributed by atoms with van der Waals surface area (Å²) in [7, 11) is 0. The molecule has 0 unspecified atom stereocenters. The van der Waals surface area contributed by atoms with Crippen LogP contribution in [0, 0.1) is 5.82 Å². The number of nitrogens with zero attached hydrogens (tertiary/aromatic N) is 3. The van der Waals surface area contributed by atoms with E-state index < -0.39 is 5.82 Å². The predicted molar refractivity (Wildman–Crippen MR) is 80.8 cm³/mol. The summed E-state index contributed by atoms with van der Waals surface area (Å²) < 4.78 is 15.7. The topological polar surface area (TPSA) is 50.2 Å². The molecular weight excluding hydrogens is 363 g/mol. The number of rotatable bonds is 1. The van der Waals surface area contributed by atoms with Gasteiger partial charge in [0.2, 0.25) is 0 Å². The molecule has 2 amide bonds. The summed E-state index contributed by atoms with van der Waals surface area (Å²) in [4.78, 5) is 13.9. The highest BCUT2D eigenvalue weighted by molar-refractivity contribution is 9.10. The molecule has 2 heterocycles. The number of nitrogens with one attached hydrogen (secondary N) is 1. The second-order valence-electron chi connectivity index (χ2n) is 4.66. The fourth-order valence-corrected chi connectivity index (χ4v) is 2.82. The Kier molecular flexibility index (Phi) is 3.86. The summed E-state index contributed by atoms with van der Waals surface area (Å²) in [5.41, 5.74) is 1.42. The lowest BCUT2D eigenvalue weighted by Crippen LogP contribution is -2.40. The van der Waals surface area contributed by atoms with E-state index in [0.29, 0.717) is 25.3 Å². The molecule has 110 valence electrons. The molecule has 0 bridgehead atoms. The number of hydrogen-bond donors (Lipinski definition) is 1. The summed E-state index contributed by atoms with van der Waals surface area (Å²) in [5, 5.41) is 6.96. The Bertz CT molecular complexity index is 705. The van der Waals surface area contributed by atoms with Crippen LogP contribution >= 0.6 is 27.5 Å². The fourth-order valence-electron chi connectivity index (χ4n) is 2.18. The van der Waals surface area contributed by atoms with Crippen LogP contribution in [0.2, 0.25) is 5.02 Å². The highest BCUT2D eigenvalue weighted by Gasteiger charge is 2.22. The molecule has 0 saturated carbocycles. The highest BCUT2D eigenvalue weighted by atomic mass is 79.9. The normalized spacial score (nSPS) is 14.0. The highest BCUT2D eigenvalue weighted by Crippen LogP contribution is 2.21. The summed E-state index contributed by atoms with van der Waals surface area (Å²) in [6, 6.07) is 5.72. The van der Waals surface area contributed by atoms with Crippen molar-refractivity contribution in [3.8, 4) is 0 Å². The molecule has 21 heavy (non-hydrogen) atoms. The van der Waals surface area contributed by atoms with Gasteiger partial charge in [-0.2, -0.15) is 5.10 Å². The Morgan fingerprint density at radius 1 is 1.38 bits per heavy atom. The number of anilines is 1. The van der Waals surface area contributed by atoms with Crippen molar-refractivity contribution in [2.75, 3.05) is 11.9 Å². The van der Waals surface area contributed by atoms with Crippen LogP contribution in [-0.4, -0.2) is 27.3 Å². The first kappa shape index (κ1) is 14.3. The van der Waals surface area contributed by atoms with Crippen LogP contribution in [0.3, 0.4) is 0 Å². The molecule has 1 aromatic carbocycles.